The van der Waals surface area contributed by atoms with Gasteiger partial charge < -0.3 is 30.3 Å². The van der Waals surface area contributed by atoms with E-state index in [9.17, 15) is 24.9 Å². The predicted molar refractivity (Wildman–Crippen MR) is 106 cm³/mol. The van der Waals surface area contributed by atoms with Gasteiger partial charge in [-0.25, -0.2) is 0 Å². The van der Waals surface area contributed by atoms with Crippen LogP contribution in [0.25, 0.3) is 0 Å². The van der Waals surface area contributed by atoms with Crippen molar-refractivity contribution in [3.8, 4) is 23.0 Å². The zero-order valence-corrected chi connectivity index (χ0v) is 16.4. The van der Waals surface area contributed by atoms with Crippen LogP contribution in [-0.2, 0) is 0 Å². The summed E-state index contributed by atoms with van der Waals surface area (Å²) in [6, 6.07) is 6.84. The van der Waals surface area contributed by atoms with Crippen molar-refractivity contribution >= 4 is 23.4 Å². The van der Waals surface area contributed by atoms with Crippen molar-refractivity contribution in [1.82, 2.24) is 10.2 Å². The maximum atomic E-state index is 12.8. The van der Waals surface area contributed by atoms with E-state index in [4.69, 9.17) is 16.3 Å². The van der Waals surface area contributed by atoms with E-state index < -0.39 is 23.2 Å². The largest absolute Gasteiger partial charge is 0.504 e. The molecule has 2 amide bonds. The molecule has 2 aromatic carbocycles. The van der Waals surface area contributed by atoms with Crippen molar-refractivity contribution in [1.29, 1.82) is 0 Å². The monoisotopic (exact) mass is 420 g/mol. The van der Waals surface area contributed by atoms with E-state index in [1.807, 2.05) is 0 Å². The number of hydrogen-bond acceptors (Lipinski definition) is 6. The summed E-state index contributed by atoms with van der Waals surface area (Å²) in [4.78, 5) is 26.8. The van der Waals surface area contributed by atoms with Crippen molar-refractivity contribution < 1.29 is 29.6 Å². The lowest BCUT2D eigenvalue weighted by molar-refractivity contribution is 0.0695. The van der Waals surface area contributed by atoms with Gasteiger partial charge in [-0.1, -0.05) is 11.6 Å². The second kappa shape index (κ2) is 8.48. The van der Waals surface area contributed by atoms with Gasteiger partial charge in [-0.3, -0.25) is 9.59 Å². The van der Waals surface area contributed by atoms with Crippen molar-refractivity contribution in [3.05, 3.63) is 46.5 Å². The first kappa shape index (κ1) is 20.6. The molecule has 0 aromatic heterocycles. The first-order valence-corrected chi connectivity index (χ1v) is 9.36. The quantitative estimate of drug-likeness (QED) is 0.564. The van der Waals surface area contributed by atoms with E-state index in [1.54, 1.807) is 23.1 Å². The molecule has 1 heterocycles. The molecule has 8 nitrogen and oxygen atoms in total. The molecule has 0 unspecified atom stereocenters. The van der Waals surface area contributed by atoms with Crippen LogP contribution < -0.4 is 10.1 Å². The Morgan fingerprint density at radius 3 is 2.31 bits per heavy atom. The second-order valence-electron chi connectivity index (χ2n) is 6.75. The van der Waals surface area contributed by atoms with Crippen LogP contribution in [0.15, 0.2) is 30.3 Å². The normalized spacial score (nSPS) is 14.5. The molecule has 0 bridgehead atoms. The number of phenolic OH excluding ortho intramolecular Hbond substituents is 3. The summed E-state index contributed by atoms with van der Waals surface area (Å²) in [6.45, 7) is 0.872. The minimum atomic E-state index is -0.676. The number of benzene rings is 2. The first-order valence-electron chi connectivity index (χ1n) is 8.98. The van der Waals surface area contributed by atoms with Crippen LogP contribution in [0.3, 0.4) is 0 Å². The maximum absolute atomic E-state index is 12.8. The van der Waals surface area contributed by atoms with Crippen molar-refractivity contribution in [2.75, 3.05) is 20.2 Å². The Bertz CT molecular complexity index is 918. The summed E-state index contributed by atoms with van der Waals surface area (Å²) >= 11 is 6.00. The zero-order valence-electron chi connectivity index (χ0n) is 15.7. The molecule has 0 atom stereocenters. The highest BCUT2D eigenvalue weighted by Gasteiger charge is 2.27. The number of nitrogens with zero attached hydrogens (tertiary/aromatic N) is 1. The maximum Gasteiger partial charge on any atom is 0.257 e. The van der Waals surface area contributed by atoms with Crippen molar-refractivity contribution in [2.45, 2.75) is 18.9 Å². The average Bonchev–Trinajstić information content (AvgIpc) is 2.71. The van der Waals surface area contributed by atoms with Crippen LogP contribution >= 0.6 is 11.6 Å². The third kappa shape index (κ3) is 4.48. The van der Waals surface area contributed by atoms with E-state index in [-0.39, 0.29) is 17.5 Å². The fourth-order valence-electron chi connectivity index (χ4n) is 3.25. The number of ether oxygens (including phenoxy) is 1. The number of halogens is 1. The number of carbonyl (C=O) groups excluding carboxylic acids is 2. The Morgan fingerprint density at radius 2 is 1.72 bits per heavy atom. The molecule has 9 heteroatoms. The van der Waals surface area contributed by atoms with Crippen LogP contribution in [-0.4, -0.2) is 58.3 Å². The molecule has 1 aliphatic rings. The summed E-state index contributed by atoms with van der Waals surface area (Å²) in [5.74, 6) is -2.07. The molecule has 1 fully saturated rings. The highest BCUT2D eigenvalue weighted by atomic mass is 35.5. The summed E-state index contributed by atoms with van der Waals surface area (Å²) < 4.78 is 5.24. The SMILES string of the molecule is COc1ccc(Cl)cc1C(=O)N1CCC(NC(=O)c2cc(O)c(O)c(O)c2)CC1. The van der Waals surface area contributed by atoms with Gasteiger partial charge in [-0.2, -0.15) is 0 Å². The highest BCUT2D eigenvalue weighted by Crippen LogP contribution is 2.35. The number of aromatic hydroxyl groups is 3. The van der Waals surface area contributed by atoms with Crippen molar-refractivity contribution in [3.63, 3.8) is 0 Å². The minimum absolute atomic E-state index is 0.0277. The number of nitrogens with one attached hydrogen (secondary N) is 1. The number of piperidine rings is 1. The molecule has 0 saturated carbocycles. The Balaban J connectivity index is 1.61. The van der Waals surface area contributed by atoms with Gasteiger partial charge in [0.15, 0.2) is 17.2 Å². The summed E-state index contributed by atoms with van der Waals surface area (Å²) in [6.07, 6.45) is 1.08. The van der Waals surface area contributed by atoms with E-state index in [0.717, 1.165) is 12.1 Å². The number of amides is 2. The van der Waals surface area contributed by atoms with E-state index in [1.165, 1.54) is 7.11 Å². The molecule has 2 aromatic rings. The van der Waals surface area contributed by atoms with Gasteiger partial charge in [-0.05, 0) is 43.2 Å². The fraction of sp³-hybridized carbons (Fsp3) is 0.300. The van der Waals surface area contributed by atoms with Gasteiger partial charge in [0.05, 0.1) is 12.7 Å². The summed E-state index contributed by atoms with van der Waals surface area (Å²) in [5.41, 5.74) is 0.414. The summed E-state index contributed by atoms with van der Waals surface area (Å²) in [5, 5.41) is 31.7. The number of likely N-dealkylation sites (tertiary alicyclic amines) is 1. The molecule has 1 aliphatic heterocycles. The van der Waals surface area contributed by atoms with Crippen LogP contribution in [0.2, 0.25) is 5.02 Å². The Kier molecular flexibility index (Phi) is 6.03. The number of rotatable bonds is 4. The van der Waals surface area contributed by atoms with E-state index in [0.29, 0.717) is 42.3 Å². The van der Waals surface area contributed by atoms with Gasteiger partial charge in [0.25, 0.3) is 11.8 Å². The molecular formula is C20H21ClN2O6. The van der Waals surface area contributed by atoms with Gasteiger partial charge in [-0.15, -0.1) is 0 Å². The number of methoxy groups -OCH3 is 1. The third-order valence-corrected chi connectivity index (χ3v) is 5.08. The number of hydrogen-bond donors (Lipinski definition) is 4. The zero-order chi connectivity index (χ0) is 21.1. The van der Waals surface area contributed by atoms with Crippen LogP contribution in [0.1, 0.15) is 33.6 Å². The van der Waals surface area contributed by atoms with Gasteiger partial charge in [0, 0.05) is 29.7 Å². The standard InChI is InChI=1S/C20H21ClN2O6/c1-29-17-3-2-12(21)10-14(17)20(28)23-6-4-13(5-7-23)22-19(27)11-8-15(24)18(26)16(25)9-11/h2-3,8-10,13,24-26H,4-7H2,1H3,(H,22,27). The number of carbonyl (C=O) groups is 2. The molecular weight excluding hydrogens is 400 g/mol. The molecule has 0 radical (unpaired) electrons. The minimum Gasteiger partial charge on any atom is -0.504 e. The lowest BCUT2D eigenvalue weighted by atomic mass is 10.0. The molecule has 1 saturated heterocycles. The van der Waals surface area contributed by atoms with Gasteiger partial charge in [0.1, 0.15) is 5.75 Å². The lowest BCUT2D eigenvalue weighted by Gasteiger charge is -2.32. The number of phenols is 3. The molecule has 0 aliphatic carbocycles. The molecule has 0 spiro atoms. The molecule has 3 rings (SSSR count). The van der Waals surface area contributed by atoms with E-state index in [2.05, 4.69) is 5.32 Å². The van der Waals surface area contributed by atoms with Crippen LogP contribution in [0.5, 0.6) is 23.0 Å². The Hall–Kier alpha value is -3.13. The third-order valence-electron chi connectivity index (χ3n) is 4.84. The second-order valence-corrected chi connectivity index (χ2v) is 7.18. The molecule has 4 N–H and O–H groups in total. The Labute approximate surface area is 172 Å². The molecule has 154 valence electrons. The van der Waals surface area contributed by atoms with Crippen LogP contribution in [0.4, 0.5) is 0 Å². The topological polar surface area (TPSA) is 119 Å². The average molecular weight is 421 g/mol. The fourth-order valence-corrected chi connectivity index (χ4v) is 3.42. The first-order chi connectivity index (χ1) is 13.8. The predicted octanol–water partition coefficient (Wildman–Crippen LogP) is 2.50. The van der Waals surface area contributed by atoms with Gasteiger partial charge >= 0.3 is 0 Å². The summed E-state index contributed by atoms with van der Waals surface area (Å²) in [7, 11) is 1.49. The van der Waals surface area contributed by atoms with Crippen LogP contribution in [0, 0.1) is 0 Å². The Morgan fingerprint density at radius 1 is 1.10 bits per heavy atom. The lowest BCUT2D eigenvalue weighted by Crippen LogP contribution is -2.46. The van der Waals surface area contributed by atoms with Crippen molar-refractivity contribution in [2.24, 2.45) is 0 Å². The smallest absolute Gasteiger partial charge is 0.257 e. The van der Waals surface area contributed by atoms with Gasteiger partial charge in [0.2, 0.25) is 0 Å². The van der Waals surface area contributed by atoms with E-state index >= 15 is 0 Å². The molecule has 29 heavy (non-hydrogen) atoms. The highest BCUT2D eigenvalue weighted by molar-refractivity contribution is 6.31.